The number of hydrogen-bond donors (Lipinski definition) is 2. The molecule has 0 bridgehead atoms. The van der Waals surface area contributed by atoms with E-state index in [1.807, 2.05) is 37.4 Å². The van der Waals surface area contributed by atoms with Crippen LogP contribution < -0.4 is 10.6 Å². The van der Waals surface area contributed by atoms with Crippen LogP contribution in [0.25, 0.3) is 0 Å². The van der Waals surface area contributed by atoms with Crippen molar-refractivity contribution in [3.63, 3.8) is 0 Å². The van der Waals surface area contributed by atoms with E-state index in [1.54, 1.807) is 0 Å². The number of rotatable bonds is 4. The van der Waals surface area contributed by atoms with Crippen LogP contribution in [0.3, 0.4) is 0 Å². The van der Waals surface area contributed by atoms with Gasteiger partial charge in [0, 0.05) is 7.05 Å². The molecule has 1 atom stereocenters. The molecule has 1 rings (SSSR count). The molecular formula is C15H20N2O4. The van der Waals surface area contributed by atoms with E-state index in [-0.39, 0.29) is 6.42 Å². The highest BCUT2D eigenvalue weighted by molar-refractivity contribution is 5.97. The number of urea groups is 1. The van der Waals surface area contributed by atoms with E-state index in [4.69, 9.17) is 4.74 Å². The zero-order valence-corrected chi connectivity index (χ0v) is 12.6. The number of imide groups is 1. The average Bonchev–Trinajstić information content (AvgIpc) is 2.42. The number of aryl methyl sites for hydroxylation is 2. The first-order chi connectivity index (χ1) is 9.83. The van der Waals surface area contributed by atoms with Gasteiger partial charge in [0.2, 0.25) is 0 Å². The fourth-order valence-electron chi connectivity index (χ4n) is 1.65. The lowest BCUT2D eigenvalue weighted by Gasteiger charge is -2.13. The van der Waals surface area contributed by atoms with Gasteiger partial charge in [-0.2, -0.15) is 0 Å². The molecule has 0 saturated heterocycles. The van der Waals surface area contributed by atoms with Crippen LogP contribution in [0.1, 0.15) is 23.6 Å². The van der Waals surface area contributed by atoms with Gasteiger partial charge >= 0.3 is 12.0 Å². The van der Waals surface area contributed by atoms with Gasteiger partial charge in [-0.05, 0) is 37.5 Å². The number of carbonyl (C=O) groups excluding carboxylic acids is 3. The summed E-state index contributed by atoms with van der Waals surface area (Å²) in [5.74, 6) is -1.18. The van der Waals surface area contributed by atoms with Crippen molar-refractivity contribution in [2.75, 3.05) is 7.05 Å². The molecule has 0 aliphatic heterocycles. The zero-order chi connectivity index (χ0) is 16.0. The Morgan fingerprint density at radius 3 is 2.43 bits per heavy atom. The van der Waals surface area contributed by atoms with E-state index in [1.165, 1.54) is 14.0 Å². The lowest BCUT2D eigenvalue weighted by atomic mass is 10.0. The quantitative estimate of drug-likeness (QED) is 0.818. The SMILES string of the molecule is CNC(=O)NC(=O)[C@@H](C)OC(=O)Cc1ccc(C)c(C)c1. The molecule has 2 N–H and O–H groups in total. The van der Waals surface area contributed by atoms with Gasteiger partial charge in [0.1, 0.15) is 0 Å². The summed E-state index contributed by atoms with van der Waals surface area (Å²) in [7, 11) is 1.39. The van der Waals surface area contributed by atoms with Crippen LogP contribution in [-0.2, 0) is 20.7 Å². The number of carbonyl (C=O) groups is 3. The first-order valence-electron chi connectivity index (χ1n) is 6.61. The predicted octanol–water partition coefficient (Wildman–Crippen LogP) is 1.23. The Hall–Kier alpha value is -2.37. The molecule has 0 unspecified atom stereocenters. The Labute approximate surface area is 123 Å². The van der Waals surface area contributed by atoms with E-state index < -0.39 is 24.0 Å². The fraction of sp³-hybridized carbons (Fsp3) is 0.400. The van der Waals surface area contributed by atoms with E-state index in [2.05, 4.69) is 5.32 Å². The second kappa shape index (κ2) is 7.42. The van der Waals surface area contributed by atoms with Crippen molar-refractivity contribution in [2.45, 2.75) is 33.3 Å². The molecule has 0 aromatic heterocycles. The Kier molecular flexibility index (Phi) is 5.90. The minimum Gasteiger partial charge on any atom is -0.452 e. The molecular weight excluding hydrogens is 272 g/mol. The van der Waals surface area contributed by atoms with Crippen molar-refractivity contribution in [1.82, 2.24) is 10.6 Å². The summed E-state index contributed by atoms with van der Waals surface area (Å²) in [5.41, 5.74) is 3.05. The molecule has 1 aromatic rings. The molecule has 0 spiro atoms. The van der Waals surface area contributed by atoms with Gasteiger partial charge in [0.25, 0.3) is 5.91 Å². The molecule has 6 heteroatoms. The summed E-state index contributed by atoms with van der Waals surface area (Å²) in [4.78, 5) is 34.3. The third-order valence-corrected chi connectivity index (χ3v) is 3.06. The molecule has 0 saturated carbocycles. The topological polar surface area (TPSA) is 84.5 Å². The van der Waals surface area contributed by atoms with Crippen molar-refractivity contribution in [1.29, 1.82) is 0 Å². The third-order valence-electron chi connectivity index (χ3n) is 3.06. The van der Waals surface area contributed by atoms with Gasteiger partial charge in [-0.25, -0.2) is 4.79 Å². The van der Waals surface area contributed by atoms with E-state index in [0.29, 0.717) is 0 Å². The molecule has 0 heterocycles. The van der Waals surface area contributed by atoms with Gasteiger partial charge in [-0.1, -0.05) is 18.2 Å². The van der Waals surface area contributed by atoms with Gasteiger partial charge in [-0.15, -0.1) is 0 Å². The molecule has 0 aliphatic rings. The van der Waals surface area contributed by atoms with E-state index in [9.17, 15) is 14.4 Å². The molecule has 0 radical (unpaired) electrons. The Morgan fingerprint density at radius 2 is 1.86 bits per heavy atom. The minimum absolute atomic E-state index is 0.0821. The predicted molar refractivity (Wildman–Crippen MR) is 77.8 cm³/mol. The Bertz CT molecular complexity index is 555. The molecule has 21 heavy (non-hydrogen) atoms. The Balaban J connectivity index is 2.54. The minimum atomic E-state index is -1.03. The number of hydrogen-bond acceptors (Lipinski definition) is 4. The van der Waals surface area contributed by atoms with Crippen LogP contribution in [-0.4, -0.2) is 31.1 Å². The Morgan fingerprint density at radius 1 is 1.19 bits per heavy atom. The molecule has 3 amide bonds. The number of nitrogens with one attached hydrogen (secondary N) is 2. The molecule has 114 valence electrons. The van der Waals surface area contributed by atoms with Crippen LogP contribution in [0.2, 0.25) is 0 Å². The summed E-state index contributed by atoms with van der Waals surface area (Å²) in [5, 5.41) is 4.29. The monoisotopic (exact) mass is 292 g/mol. The van der Waals surface area contributed by atoms with Crippen LogP contribution in [0.4, 0.5) is 4.79 Å². The highest BCUT2D eigenvalue weighted by atomic mass is 16.5. The van der Waals surface area contributed by atoms with Crippen molar-refractivity contribution >= 4 is 17.9 Å². The highest BCUT2D eigenvalue weighted by Gasteiger charge is 2.19. The van der Waals surface area contributed by atoms with Gasteiger partial charge in [0.05, 0.1) is 6.42 Å². The van der Waals surface area contributed by atoms with Crippen molar-refractivity contribution in [3.8, 4) is 0 Å². The lowest BCUT2D eigenvalue weighted by Crippen LogP contribution is -2.43. The summed E-state index contributed by atoms with van der Waals surface area (Å²) in [6.07, 6.45) is -0.944. The van der Waals surface area contributed by atoms with Crippen molar-refractivity contribution in [3.05, 3.63) is 34.9 Å². The number of benzene rings is 1. The maximum absolute atomic E-state index is 11.8. The summed E-state index contributed by atoms with van der Waals surface area (Å²) < 4.78 is 5.00. The van der Waals surface area contributed by atoms with Crippen LogP contribution >= 0.6 is 0 Å². The van der Waals surface area contributed by atoms with Crippen molar-refractivity contribution in [2.24, 2.45) is 0 Å². The smallest absolute Gasteiger partial charge is 0.321 e. The van der Waals surface area contributed by atoms with Crippen molar-refractivity contribution < 1.29 is 19.1 Å². The maximum Gasteiger partial charge on any atom is 0.321 e. The first kappa shape index (κ1) is 16.7. The van der Waals surface area contributed by atoms with Gasteiger partial charge in [0.15, 0.2) is 6.10 Å². The molecule has 6 nitrogen and oxygen atoms in total. The fourth-order valence-corrected chi connectivity index (χ4v) is 1.65. The zero-order valence-electron chi connectivity index (χ0n) is 12.6. The molecule has 1 aromatic carbocycles. The third kappa shape index (κ3) is 5.25. The normalized spacial score (nSPS) is 11.4. The summed E-state index contributed by atoms with van der Waals surface area (Å²) in [6, 6.07) is 5.04. The maximum atomic E-state index is 11.8. The lowest BCUT2D eigenvalue weighted by molar-refractivity contribution is -0.153. The van der Waals surface area contributed by atoms with Crippen LogP contribution in [0, 0.1) is 13.8 Å². The number of amides is 3. The molecule has 0 aliphatic carbocycles. The average molecular weight is 292 g/mol. The largest absolute Gasteiger partial charge is 0.452 e. The second-order valence-corrected chi connectivity index (χ2v) is 4.80. The van der Waals surface area contributed by atoms with Crippen LogP contribution in [0.5, 0.6) is 0 Å². The van der Waals surface area contributed by atoms with Crippen LogP contribution in [0.15, 0.2) is 18.2 Å². The first-order valence-corrected chi connectivity index (χ1v) is 6.61. The summed E-state index contributed by atoms with van der Waals surface area (Å²) in [6.45, 7) is 5.36. The van der Waals surface area contributed by atoms with Gasteiger partial charge < -0.3 is 10.1 Å². The number of esters is 1. The number of ether oxygens (including phenoxy) is 1. The van der Waals surface area contributed by atoms with Gasteiger partial charge in [-0.3, -0.25) is 14.9 Å². The highest BCUT2D eigenvalue weighted by Crippen LogP contribution is 2.11. The molecule has 0 fully saturated rings. The second-order valence-electron chi connectivity index (χ2n) is 4.80. The van der Waals surface area contributed by atoms with E-state index >= 15 is 0 Å². The summed E-state index contributed by atoms with van der Waals surface area (Å²) >= 11 is 0. The standard InChI is InChI=1S/C15H20N2O4/c1-9-5-6-12(7-10(9)2)8-13(18)21-11(3)14(19)17-15(20)16-4/h5-7,11H,8H2,1-4H3,(H2,16,17,19,20)/t11-/m1/s1. The van der Waals surface area contributed by atoms with E-state index in [0.717, 1.165) is 16.7 Å².